The molecular weight excluding hydrogens is 651 g/mol. The van der Waals surface area contributed by atoms with Crippen molar-refractivity contribution < 1.29 is 47.4 Å². The van der Waals surface area contributed by atoms with Gasteiger partial charge in [-0.05, 0) is 73.9 Å². The van der Waals surface area contributed by atoms with E-state index >= 15 is 0 Å². The van der Waals surface area contributed by atoms with E-state index < -0.39 is 57.0 Å². The molecule has 3 saturated carbocycles. The second kappa shape index (κ2) is 12.8. The standard InChI is InChI=1S/C32H32Cl2O8.C3H6O2/c1-18-14-22-21-9-8-19-15-20(35)10-11-29(19,2)31(21,34)26(41-27(37)23-6-4-12-39-23)16-30(22,3)32(18,25(36)17-33)42-28(38)24-7-5-13-40-24;1-2-3(4)5/h4-7,10-13,15,18,21-22,26H,8-9,14,16-17H2,1-3H3;2H2,1H3,(H,4,5)/t18-,21+,22+,26+,29+,30+,31?,32+;/m1./s1. The number of furan rings is 2. The van der Waals surface area contributed by atoms with Gasteiger partial charge in [0.1, 0.15) is 6.10 Å². The molecule has 47 heavy (non-hydrogen) atoms. The van der Waals surface area contributed by atoms with E-state index in [1.54, 1.807) is 25.1 Å². The third kappa shape index (κ3) is 5.37. The zero-order valence-corrected chi connectivity index (χ0v) is 28.1. The normalized spacial score (nSPS) is 35.3. The van der Waals surface area contributed by atoms with Crippen molar-refractivity contribution in [2.75, 3.05) is 5.88 Å². The SMILES string of the molecule is CCC(=O)O.C[C@@H]1C[C@H]2[C@@H]3CCC4=CC(=O)C=C[C@]4(C)C3(Cl)[C@@H](OC(=O)c3ccco3)C[C@]2(C)[C@@]1(OC(=O)c1ccco1)C(=O)CCl. The number of alkyl halides is 2. The highest BCUT2D eigenvalue weighted by Gasteiger charge is 2.77. The first-order valence-corrected chi connectivity index (χ1v) is 16.6. The van der Waals surface area contributed by atoms with Crippen LogP contribution < -0.4 is 0 Å². The molecule has 0 aliphatic heterocycles. The van der Waals surface area contributed by atoms with Crippen LogP contribution in [0.5, 0.6) is 0 Å². The predicted molar refractivity (Wildman–Crippen MR) is 170 cm³/mol. The number of Topliss-reactive ketones (excluding diaryl/α,β-unsaturated/α-hetero) is 1. The van der Waals surface area contributed by atoms with Gasteiger partial charge in [0.2, 0.25) is 11.5 Å². The van der Waals surface area contributed by atoms with E-state index in [4.69, 9.17) is 46.6 Å². The monoisotopic (exact) mass is 688 g/mol. The average Bonchev–Trinajstić information content (AvgIpc) is 3.81. The van der Waals surface area contributed by atoms with Crippen LogP contribution in [0.15, 0.2) is 69.4 Å². The Morgan fingerprint density at radius 3 is 2.21 bits per heavy atom. The lowest BCUT2D eigenvalue weighted by atomic mass is 9.45. The minimum absolute atomic E-state index is 0.0114. The highest BCUT2D eigenvalue weighted by molar-refractivity contribution is 6.29. The molecule has 8 atom stereocenters. The highest BCUT2D eigenvalue weighted by atomic mass is 35.5. The summed E-state index contributed by atoms with van der Waals surface area (Å²) in [5.41, 5.74) is -2.59. The molecule has 0 bridgehead atoms. The summed E-state index contributed by atoms with van der Waals surface area (Å²) >= 11 is 14.1. The summed E-state index contributed by atoms with van der Waals surface area (Å²) in [7, 11) is 0. The first kappa shape index (κ1) is 34.7. The van der Waals surface area contributed by atoms with Crippen molar-refractivity contribution in [1.29, 1.82) is 0 Å². The topological polar surface area (TPSA) is 150 Å². The van der Waals surface area contributed by atoms with Gasteiger partial charge in [-0.15, -0.1) is 23.2 Å². The smallest absolute Gasteiger partial charge is 0.375 e. The fourth-order valence-electron chi connectivity index (χ4n) is 8.76. The molecule has 12 heteroatoms. The van der Waals surface area contributed by atoms with Crippen molar-refractivity contribution in [2.24, 2.45) is 28.6 Å². The molecule has 252 valence electrons. The minimum atomic E-state index is -1.63. The number of allylic oxidation sites excluding steroid dienone is 4. The number of rotatable bonds is 7. The number of aliphatic carboxylic acids is 1. The largest absolute Gasteiger partial charge is 0.481 e. The van der Waals surface area contributed by atoms with Crippen LogP contribution in [-0.4, -0.2) is 57.0 Å². The van der Waals surface area contributed by atoms with Gasteiger partial charge in [-0.25, -0.2) is 9.59 Å². The Kier molecular flexibility index (Phi) is 9.42. The summed E-state index contributed by atoms with van der Waals surface area (Å²) in [6.07, 6.45) is 8.80. The lowest BCUT2D eigenvalue weighted by Crippen LogP contribution is -2.70. The number of carboxylic acid groups (broad SMARTS) is 1. The maximum absolute atomic E-state index is 13.9. The van der Waals surface area contributed by atoms with Crippen LogP contribution in [0.25, 0.3) is 0 Å². The Labute approximate surface area is 282 Å². The summed E-state index contributed by atoms with van der Waals surface area (Å²) in [5.74, 6) is -4.05. The second-order valence-corrected chi connectivity index (χ2v) is 14.1. The Morgan fingerprint density at radius 1 is 1.04 bits per heavy atom. The third-order valence-corrected chi connectivity index (χ3v) is 12.1. The molecule has 0 amide bonds. The fraction of sp³-hybridized carbons (Fsp3) is 0.514. The van der Waals surface area contributed by atoms with Crippen LogP contribution in [0.2, 0.25) is 0 Å². The van der Waals surface area contributed by atoms with E-state index in [2.05, 4.69) is 0 Å². The van der Waals surface area contributed by atoms with Gasteiger partial charge in [-0.3, -0.25) is 14.4 Å². The molecule has 0 aromatic carbocycles. The molecule has 4 aliphatic rings. The summed E-state index contributed by atoms with van der Waals surface area (Å²) in [4.78, 5) is 61.3. The lowest BCUT2D eigenvalue weighted by Gasteiger charge is -2.64. The quantitative estimate of drug-likeness (QED) is 0.243. The summed E-state index contributed by atoms with van der Waals surface area (Å²) in [6, 6.07) is 6.14. The van der Waals surface area contributed by atoms with Crippen molar-refractivity contribution in [3.63, 3.8) is 0 Å². The molecule has 2 heterocycles. The first-order valence-electron chi connectivity index (χ1n) is 15.6. The number of ketones is 2. The average molecular weight is 690 g/mol. The number of esters is 2. The van der Waals surface area contributed by atoms with Crippen LogP contribution in [-0.2, 0) is 23.9 Å². The van der Waals surface area contributed by atoms with Crippen LogP contribution in [0.1, 0.15) is 80.9 Å². The summed E-state index contributed by atoms with van der Waals surface area (Å²) < 4.78 is 23.1. The predicted octanol–water partition coefficient (Wildman–Crippen LogP) is 6.81. The van der Waals surface area contributed by atoms with Crippen LogP contribution >= 0.6 is 23.2 Å². The van der Waals surface area contributed by atoms with Crippen LogP contribution in [0.3, 0.4) is 0 Å². The van der Waals surface area contributed by atoms with Gasteiger partial charge in [0.05, 0.1) is 23.3 Å². The van der Waals surface area contributed by atoms with E-state index in [9.17, 15) is 24.0 Å². The van der Waals surface area contributed by atoms with Crippen molar-refractivity contribution >= 4 is 52.7 Å². The molecular formula is C35H38Cl2O10. The Bertz CT molecular complexity index is 1610. The number of carbonyl (C=O) groups is 5. The number of hydrogen-bond acceptors (Lipinski definition) is 9. The number of carboxylic acids is 1. The fourth-order valence-corrected chi connectivity index (χ4v) is 9.53. The van der Waals surface area contributed by atoms with Crippen molar-refractivity contribution in [3.8, 4) is 0 Å². The second-order valence-electron chi connectivity index (χ2n) is 13.2. The van der Waals surface area contributed by atoms with E-state index in [1.165, 1.54) is 30.7 Å². The van der Waals surface area contributed by atoms with Gasteiger partial charge in [0, 0.05) is 23.2 Å². The van der Waals surface area contributed by atoms with E-state index in [0.717, 1.165) is 5.57 Å². The molecule has 0 saturated heterocycles. The zero-order chi connectivity index (χ0) is 34.4. The van der Waals surface area contributed by atoms with Gasteiger partial charge in [0.25, 0.3) is 0 Å². The molecule has 2 aromatic heterocycles. The molecule has 4 aliphatic carbocycles. The van der Waals surface area contributed by atoms with Gasteiger partial charge in [0.15, 0.2) is 17.2 Å². The number of carbonyl (C=O) groups excluding carboxylic acids is 4. The van der Waals surface area contributed by atoms with E-state index in [0.29, 0.717) is 19.3 Å². The minimum Gasteiger partial charge on any atom is -0.481 e. The maximum atomic E-state index is 13.9. The van der Waals surface area contributed by atoms with Gasteiger partial charge < -0.3 is 23.4 Å². The van der Waals surface area contributed by atoms with Crippen molar-refractivity contribution in [2.45, 2.75) is 76.4 Å². The summed E-state index contributed by atoms with van der Waals surface area (Å²) in [6.45, 7) is 7.38. The highest BCUT2D eigenvalue weighted by Crippen LogP contribution is 2.72. The molecule has 1 N–H and O–H groups in total. The number of fused-ring (bicyclic) bond motifs is 5. The maximum Gasteiger partial charge on any atom is 0.375 e. The molecule has 0 radical (unpaired) electrons. The Morgan fingerprint density at radius 2 is 1.66 bits per heavy atom. The summed E-state index contributed by atoms with van der Waals surface area (Å²) in [5, 5.41) is 7.72. The number of halogens is 2. The van der Waals surface area contributed by atoms with Gasteiger partial charge in [-0.2, -0.15) is 0 Å². The van der Waals surface area contributed by atoms with E-state index in [-0.39, 0.29) is 47.9 Å². The number of hydrogen-bond donors (Lipinski definition) is 1. The molecule has 0 spiro atoms. The molecule has 3 fully saturated rings. The first-order chi connectivity index (χ1) is 22.2. The Hall–Kier alpha value is -3.63. The molecule has 2 aromatic rings. The van der Waals surface area contributed by atoms with Gasteiger partial charge >= 0.3 is 17.9 Å². The zero-order valence-electron chi connectivity index (χ0n) is 26.6. The Balaban J connectivity index is 0.000000807. The lowest BCUT2D eigenvalue weighted by molar-refractivity contribution is -0.177. The van der Waals surface area contributed by atoms with E-state index in [1.807, 2.05) is 26.8 Å². The third-order valence-electron chi connectivity index (χ3n) is 10.9. The van der Waals surface area contributed by atoms with Crippen molar-refractivity contribution in [1.82, 2.24) is 0 Å². The molecule has 10 nitrogen and oxygen atoms in total. The molecule has 1 unspecified atom stereocenters. The van der Waals surface area contributed by atoms with Crippen LogP contribution in [0.4, 0.5) is 0 Å². The molecule has 6 rings (SSSR count). The van der Waals surface area contributed by atoms with Crippen LogP contribution in [0, 0.1) is 28.6 Å². The van der Waals surface area contributed by atoms with Crippen molar-refractivity contribution in [3.05, 3.63) is 72.1 Å². The van der Waals surface area contributed by atoms with Gasteiger partial charge in [-0.1, -0.05) is 39.3 Å². The number of ether oxygens (including phenoxy) is 2.